The molecule has 1 atom stereocenters. The van der Waals surface area contributed by atoms with E-state index in [-0.39, 0.29) is 11.3 Å². The summed E-state index contributed by atoms with van der Waals surface area (Å²) in [5, 5.41) is 0.195. The minimum atomic E-state index is -0.393. The molecule has 0 aliphatic heterocycles. The van der Waals surface area contributed by atoms with E-state index in [4.69, 9.17) is 16.3 Å². The number of nitrogens with zero attached hydrogens (tertiary/aromatic N) is 1. The second-order valence-electron chi connectivity index (χ2n) is 4.41. The van der Waals surface area contributed by atoms with Gasteiger partial charge in [-0.1, -0.05) is 37.8 Å². The molecule has 0 saturated carbocycles. The maximum Gasteiger partial charge on any atom is 0.341 e. The van der Waals surface area contributed by atoms with Gasteiger partial charge in [-0.05, 0) is 31.9 Å². The first-order valence-corrected chi connectivity index (χ1v) is 6.84. The lowest BCUT2D eigenvalue weighted by molar-refractivity contribution is 0.0319. The molecule has 0 N–H and O–H groups in total. The monoisotopic (exact) mass is 269 g/mol. The Morgan fingerprint density at radius 3 is 2.89 bits per heavy atom. The van der Waals surface area contributed by atoms with Crippen LogP contribution >= 0.6 is 11.6 Å². The normalized spacial score (nSPS) is 12.2. The van der Waals surface area contributed by atoms with E-state index < -0.39 is 5.97 Å². The minimum absolute atomic E-state index is 0.0781. The van der Waals surface area contributed by atoms with Crippen LogP contribution in [0.1, 0.15) is 56.3 Å². The van der Waals surface area contributed by atoms with Crippen LogP contribution in [-0.4, -0.2) is 17.1 Å². The molecule has 18 heavy (non-hydrogen) atoms. The molecule has 0 fully saturated rings. The van der Waals surface area contributed by atoms with Crippen molar-refractivity contribution in [3.05, 3.63) is 29.0 Å². The van der Waals surface area contributed by atoms with Crippen molar-refractivity contribution in [2.24, 2.45) is 0 Å². The maximum atomic E-state index is 11.8. The van der Waals surface area contributed by atoms with Crippen molar-refractivity contribution in [1.82, 2.24) is 4.98 Å². The topological polar surface area (TPSA) is 39.2 Å². The second-order valence-corrected chi connectivity index (χ2v) is 4.77. The number of hydrogen-bond acceptors (Lipinski definition) is 3. The Labute approximate surface area is 114 Å². The van der Waals surface area contributed by atoms with E-state index in [1.165, 1.54) is 19.3 Å². The number of esters is 1. The highest BCUT2D eigenvalue weighted by molar-refractivity contribution is 6.32. The van der Waals surface area contributed by atoms with Crippen LogP contribution in [0.3, 0.4) is 0 Å². The van der Waals surface area contributed by atoms with E-state index in [0.29, 0.717) is 5.56 Å². The van der Waals surface area contributed by atoms with Crippen LogP contribution in [0, 0.1) is 0 Å². The Kier molecular flexibility index (Phi) is 6.73. The van der Waals surface area contributed by atoms with E-state index in [0.717, 1.165) is 12.8 Å². The first kappa shape index (κ1) is 15.0. The highest BCUT2D eigenvalue weighted by atomic mass is 35.5. The van der Waals surface area contributed by atoms with Crippen LogP contribution in [0.25, 0.3) is 0 Å². The van der Waals surface area contributed by atoms with Gasteiger partial charge in [-0.15, -0.1) is 0 Å². The van der Waals surface area contributed by atoms with Crippen molar-refractivity contribution >= 4 is 17.6 Å². The van der Waals surface area contributed by atoms with Gasteiger partial charge < -0.3 is 4.74 Å². The van der Waals surface area contributed by atoms with Gasteiger partial charge in [0.2, 0.25) is 0 Å². The molecule has 0 aliphatic rings. The van der Waals surface area contributed by atoms with Crippen molar-refractivity contribution in [2.75, 3.05) is 0 Å². The summed E-state index contributed by atoms with van der Waals surface area (Å²) in [6.45, 7) is 4.09. The summed E-state index contributed by atoms with van der Waals surface area (Å²) in [5.41, 5.74) is 0.333. The number of hydrogen-bond donors (Lipinski definition) is 0. The molecule has 0 radical (unpaired) electrons. The quantitative estimate of drug-likeness (QED) is 0.422. The lowest BCUT2D eigenvalue weighted by Crippen LogP contribution is -2.15. The van der Waals surface area contributed by atoms with Gasteiger partial charge in [0.05, 0.1) is 11.7 Å². The number of unbranched alkanes of at least 4 members (excludes halogenated alkanes) is 3. The standard InChI is InChI=1S/C14H20ClNO2/c1-3-4-5-6-8-11(2)18-14(17)12-9-7-10-16-13(12)15/h7,9-11H,3-6,8H2,1-2H3. The third kappa shape index (κ3) is 5.05. The average molecular weight is 270 g/mol. The Morgan fingerprint density at radius 1 is 1.44 bits per heavy atom. The molecular formula is C14H20ClNO2. The molecule has 0 aromatic carbocycles. The summed E-state index contributed by atoms with van der Waals surface area (Å²) in [6, 6.07) is 3.30. The summed E-state index contributed by atoms with van der Waals surface area (Å²) in [6.07, 6.45) is 7.08. The first-order valence-electron chi connectivity index (χ1n) is 6.46. The fourth-order valence-electron chi connectivity index (χ4n) is 1.70. The Balaban J connectivity index is 2.38. The summed E-state index contributed by atoms with van der Waals surface area (Å²) in [7, 11) is 0. The van der Waals surface area contributed by atoms with E-state index in [9.17, 15) is 4.79 Å². The third-order valence-electron chi connectivity index (χ3n) is 2.75. The molecule has 1 aromatic rings. The van der Waals surface area contributed by atoms with Crippen molar-refractivity contribution in [3.8, 4) is 0 Å². The zero-order chi connectivity index (χ0) is 13.4. The van der Waals surface area contributed by atoms with Gasteiger partial charge in [0.15, 0.2) is 0 Å². The van der Waals surface area contributed by atoms with Gasteiger partial charge in [0.1, 0.15) is 5.15 Å². The number of carbonyl (C=O) groups excluding carboxylic acids is 1. The molecule has 0 saturated heterocycles. The third-order valence-corrected chi connectivity index (χ3v) is 3.05. The smallest absolute Gasteiger partial charge is 0.341 e. The van der Waals surface area contributed by atoms with Crippen LogP contribution in [0.2, 0.25) is 5.15 Å². The minimum Gasteiger partial charge on any atom is -0.459 e. The highest BCUT2D eigenvalue weighted by Crippen LogP contribution is 2.15. The highest BCUT2D eigenvalue weighted by Gasteiger charge is 2.15. The first-order chi connectivity index (χ1) is 8.65. The molecule has 100 valence electrons. The number of rotatable bonds is 7. The Bertz CT molecular complexity index is 382. The van der Waals surface area contributed by atoms with Crippen LogP contribution in [0.15, 0.2) is 18.3 Å². The van der Waals surface area contributed by atoms with Gasteiger partial charge in [-0.25, -0.2) is 9.78 Å². The Morgan fingerprint density at radius 2 is 2.22 bits per heavy atom. The molecule has 1 aromatic heterocycles. The van der Waals surface area contributed by atoms with Crippen LogP contribution < -0.4 is 0 Å². The molecule has 1 unspecified atom stereocenters. The van der Waals surface area contributed by atoms with Crippen LogP contribution in [0.4, 0.5) is 0 Å². The predicted octanol–water partition coefficient (Wildman–Crippen LogP) is 4.25. The number of carbonyl (C=O) groups is 1. The zero-order valence-electron chi connectivity index (χ0n) is 11.0. The lowest BCUT2D eigenvalue weighted by Gasteiger charge is -2.13. The van der Waals surface area contributed by atoms with Crippen LogP contribution in [-0.2, 0) is 4.74 Å². The molecule has 0 bridgehead atoms. The molecular weight excluding hydrogens is 250 g/mol. The maximum absolute atomic E-state index is 11.8. The molecule has 3 nitrogen and oxygen atoms in total. The van der Waals surface area contributed by atoms with Crippen molar-refractivity contribution in [2.45, 2.75) is 52.1 Å². The van der Waals surface area contributed by atoms with Gasteiger partial charge in [-0.3, -0.25) is 0 Å². The van der Waals surface area contributed by atoms with Gasteiger partial charge >= 0.3 is 5.97 Å². The Hall–Kier alpha value is -1.09. The molecule has 0 spiro atoms. The summed E-state index contributed by atoms with van der Waals surface area (Å²) in [4.78, 5) is 15.7. The molecule has 1 heterocycles. The molecule has 4 heteroatoms. The van der Waals surface area contributed by atoms with E-state index in [1.807, 2.05) is 6.92 Å². The number of aromatic nitrogens is 1. The molecule has 0 amide bonds. The van der Waals surface area contributed by atoms with Crippen molar-refractivity contribution in [3.63, 3.8) is 0 Å². The largest absolute Gasteiger partial charge is 0.459 e. The zero-order valence-corrected chi connectivity index (χ0v) is 11.7. The lowest BCUT2D eigenvalue weighted by atomic mass is 10.1. The summed E-state index contributed by atoms with van der Waals surface area (Å²) in [5.74, 6) is -0.393. The van der Waals surface area contributed by atoms with E-state index in [1.54, 1.807) is 18.3 Å². The SMILES string of the molecule is CCCCCCC(C)OC(=O)c1cccnc1Cl. The summed E-state index contributed by atoms with van der Waals surface area (Å²) >= 11 is 5.84. The molecule has 0 aliphatic carbocycles. The van der Waals surface area contributed by atoms with Gasteiger partial charge in [0.25, 0.3) is 0 Å². The van der Waals surface area contributed by atoms with Crippen LogP contribution in [0.5, 0.6) is 0 Å². The predicted molar refractivity (Wildman–Crippen MR) is 72.9 cm³/mol. The molecule has 1 rings (SSSR count). The summed E-state index contributed by atoms with van der Waals surface area (Å²) < 4.78 is 5.33. The van der Waals surface area contributed by atoms with Crippen molar-refractivity contribution < 1.29 is 9.53 Å². The van der Waals surface area contributed by atoms with Gasteiger partial charge in [0, 0.05) is 6.20 Å². The second kappa shape index (κ2) is 8.09. The fourth-order valence-corrected chi connectivity index (χ4v) is 1.90. The van der Waals surface area contributed by atoms with E-state index >= 15 is 0 Å². The van der Waals surface area contributed by atoms with Crippen molar-refractivity contribution in [1.29, 1.82) is 0 Å². The van der Waals surface area contributed by atoms with E-state index in [2.05, 4.69) is 11.9 Å². The average Bonchev–Trinajstić information content (AvgIpc) is 2.35. The fraction of sp³-hybridized carbons (Fsp3) is 0.571. The number of pyridine rings is 1. The number of ether oxygens (including phenoxy) is 1. The van der Waals surface area contributed by atoms with Gasteiger partial charge in [-0.2, -0.15) is 0 Å². The number of halogens is 1.